The first-order valence-corrected chi connectivity index (χ1v) is 9.54. The molecule has 114 valence electrons. The van der Waals surface area contributed by atoms with Crippen LogP contribution in [-0.2, 0) is 10.5 Å². The molecule has 1 heterocycles. The van der Waals surface area contributed by atoms with Gasteiger partial charge in [0.05, 0.1) is 11.4 Å². The van der Waals surface area contributed by atoms with Crippen LogP contribution in [0.3, 0.4) is 0 Å². The van der Waals surface area contributed by atoms with E-state index in [4.69, 9.17) is 0 Å². The fraction of sp³-hybridized carbons (Fsp3) is 0.278. The number of benzene rings is 2. The summed E-state index contributed by atoms with van der Waals surface area (Å²) in [6.45, 7) is 2.93. The number of aryl methyl sites for hydroxylation is 1. The molecule has 4 heteroatoms. The molecule has 0 fully saturated rings. The summed E-state index contributed by atoms with van der Waals surface area (Å²) in [5.41, 5.74) is 3.68. The first kappa shape index (κ1) is 15.5. The van der Waals surface area contributed by atoms with Crippen LogP contribution < -0.4 is 4.90 Å². The van der Waals surface area contributed by atoms with Crippen molar-refractivity contribution in [1.82, 2.24) is 0 Å². The van der Waals surface area contributed by atoms with E-state index in [-0.39, 0.29) is 5.91 Å². The highest BCUT2D eigenvalue weighted by atomic mass is 32.2. The van der Waals surface area contributed by atoms with Gasteiger partial charge < -0.3 is 4.90 Å². The van der Waals surface area contributed by atoms with E-state index in [2.05, 4.69) is 37.3 Å². The zero-order valence-corrected chi connectivity index (χ0v) is 14.3. The normalized spacial score (nSPS) is 13.8. The van der Waals surface area contributed by atoms with E-state index >= 15 is 0 Å². The number of hydrogen-bond acceptors (Lipinski definition) is 3. The molecule has 22 heavy (non-hydrogen) atoms. The van der Waals surface area contributed by atoms with Gasteiger partial charge in [-0.1, -0.05) is 36.4 Å². The van der Waals surface area contributed by atoms with E-state index in [0.717, 1.165) is 23.7 Å². The van der Waals surface area contributed by atoms with Gasteiger partial charge in [-0.25, -0.2) is 0 Å². The van der Waals surface area contributed by atoms with Crippen LogP contribution in [-0.4, -0.2) is 24.0 Å². The van der Waals surface area contributed by atoms with Crippen LogP contribution in [0.4, 0.5) is 5.69 Å². The molecule has 1 aliphatic heterocycles. The summed E-state index contributed by atoms with van der Waals surface area (Å²) in [6.07, 6.45) is 0. The van der Waals surface area contributed by atoms with Gasteiger partial charge in [-0.15, -0.1) is 23.5 Å². The standard InChI is InChI=1S/C18H19NOS2/c1-14-6-2-3-7-15(14)12-21-13-18(20)19-10-11-22-17-9-5-4-8-16(17)19/h2-9H,10-13H2,1H3. The molecule has 2 nitrogen and oxygen atoms in total. The minimum absolute atomic E-state index is 0.214. The molecule has 0 aliphatic carbocycles. The van der Waals surface area contributed by atoms with Gasteiger partial charge in [-0.3, -0.25) is 4.79 Å². The summed E-state index contributed by atoms with van der Waals surface area (Å²) in [6, 6.07) is 16.6. The van der Waals surface area contributed by atoms with Gasteiger partial charge in [0.25, 0.3) is 0 Å². The van der Waals surface area contributed by atoms with Crippen molar-refractivity contribution < 1.29 is 4.79 Å². The Labute approximate surface area is 140 Å². The Balaban J connectivity index is 1.60. The summed E-state index contributed by atoms with van der Waals surface area (Å²) in [4.78, 5) is 15.7. The minimum atomic E-state index is 0.214. The van der Waals surface area contributed by atoms with Crippen LogP contribution in [0.15, 0.2) is 53.4 Å². The Morgan fingerprint density at radius 1 is 1.18 bits per heavy atom. The second-order valence-electron chi connectivity index (χ2n) is 5.28. The van der Waals surface area contributed by atoms with Crippen molar-refractivity contribution in [2.45, 2.75) is 17.6 Å². The molecule has 1 aliphatic rings. The number of thioether (sulfide) groups is 2. The highest BCUT2D eigenvalue weighted by Crippen LogP contribution is 2.34. The molecule has 0 bridgehead atoms. The molecular weight excluding hydrogens is 310 g/mol. The van der Waals surface area contributed by atoms with E-state index in [1.54, 1.807) is 11.8 Å². The second-order valence-corrected chi connectivity index (χ2v) is 7.40. The minimum Gasteiger partial charge on any atom is -0.310 e. The number of para-hydroxylation sites is 1. The van der Waals surface area contributed by atoms with Crippen molar-refractivity contribution in [3.05, 3.63) is 59.7 Å². The maximum absolute atomic E-state index is 12.5. The third kappa shape index (κ3) is 3.50. The van der Waals surface area contributed by atoms with Gasteiger partial charge in [0.15, 0.2) is 0 Å². The fourth-order valence-electron chi connectivity index (χ4n) is 2.53. The molecule has 0 radical (unpaired) electrons. The predicted molar refractivity (Wildman–Crippen MR) is 96.9 cm³/mol. The topological polar surface area (TPSA) is 20.3 Å². The Bertz CT molecular complexity index is 672. The SMILES string of the molecule is Cc1ccccc1CSCC(=O)N1CCSc2ccccc21. The van der Waals surface area contributed by atoms with Gasteiger partial charge >= 0.3 is 0 Å². The first-order chi connectivity index (χ1) is 10.8. The number of rotatable bonds is 4. The number of hydrogen-bond donors (Lipinski definition) is 0. The maximum Gasteiger partial charge on any atom is 0.237 e. The number of anilines is 1. The Morgan fingerprint density at radius 2 is 1.95 bits per heavy atom. The van der Waals surface area contributed by atoms with Crippen molar-refractivity contribution in [3.63, 3.8) is 0 Å². The third-order valence-corrected chi connectivity index (χ3v) is 5.78. The lowest BCUT2D eigenvalue weighted by Gasteiger charge is -2.28. The van der Waals surface area contributed by atoms with Crippen molar-refractivity contribution in [1.29, 1.82) is 0 Å². The van der Waals surface area contributed by atoms with Gasteiger partial charge in [0.1, 0.15) is 0 Å². The molecule has 1 amide bonds. The van der Waals surface area contributed by atoms with Crippen molar-refractivity contribution >= 4 is 35.1 Å². The summed E-state index contributed by atoms with van der Waals surface area (Å²) in [7, 11) is 0. The quantitative estimate of drug-likeness (QED) is 0.831. The number of fused-ring (bicyclic) bond motifs is 1. The largest absolute Gasteiger partial charge is 0.310 e. The van der Waals surface area contributed by atoms with Crippen LogP contribution in [0.2, 0.25) is 0 Å². The highest BCUT2D eigenvalue weighted by Gasteiger charge is 2.22. The number of nitrogens with zero attached hydrogens (tertiary/aromatic N) is 1. The summed E-state index contributed by atoms with van der Waals surface area (Å²) < 4.78 is 0. The van der Waals surface area contributed by atoms with Crippen LogP contribution in [0.5, 0.6) is 0 Å². The van der Waals surface area contributed by atoms with Gasteiger partial charge in [0.2, 0.25) is 5.91 Å². The molecule has 0 unspecified atom stereocenters. The van der Waals surface area contributed by atoms with Crippen molar-refractivity contribution in [2.75, 3.05) is 23.0 Å². The average Bonchev–Trinajstić information content (AvgIpc) is 2.56. The van der Waals surface area contributed by atoms with Crippen LogP contribution in [0.25, 0.3) is 0 Å². The summed E-state index contributed by atoms with van der Waals surface area (Å²) in [5.74, 6) is 2.62. The molecule has 0 aromatic heterocycles. The van der Waals surface area contributed by atoms with Gasteiger partial charge in [-0.2, -0.15) is 0 Å². The molecular formula is C18H19NOS2. The third-order valence-electron chi connectivity index (χ3n) is 3.77. The number of carbonyl (C=O) groups is 1. The van der Waals surface area contributed by atoms with Gasteiger partial charge in [-0.05, 0) is 30.2 Å². The highest BCUT2D eigenvalue weighted by molar-refractivity contribution is 7.99. The van der Waals surface area contributed by atoms with Crippen LogP contribution in [0.1, 0.15) is 11.1 Å². The monoisotopic (exact) mass is 329 g/mol. The molecule has 0 N–H and O–H groups in total. The molecule has 0 saturated carbocycles. The molecule has 2 aromatic carbocycles. The molecule has 0 spiro atoms. The molecule has 0 saturated heterocycles. The fourth-order valence-corrected chi connectivity index (χ4v) is 4.50. The van der Waals surface area contributed by atoms with Crippen molar-refractivity contribution in [2.24, 2.45) is 0 Å². The lowest BCUT2D eigenvalue weighted by molar-refractivity contribution is -0.116. The maximum atomic E-state index is 12.5. The van der Waals surface area contributed by atoms with Crippen LogP contribution in [0, 0.1) is 6.92 Å². The number of carbonyl (C=O) groups excluding carboxylic acids is 1. The van der Waals surface area contributed by atoms with E-state index in [0.29, 0.717) is 5.75 Å². The van der Waals surface area contributed by atoms with E-state index in [9.17, 15) is 4.79 Å². The van der Waals surface area contributed by atoms with Crippen molar-refractivity contribution in [3.8, 4) is 0 Å². The van der Waals surface area contributed by atoms with E-state index in [1.165, 1.54) is 16.0 Å². The second kappa shape index (κ2) is 7.25. The molecule has 0 atom stereocenters. The van der Waals surface area contributed by atoms with Gasteiger partial charge in [0, 0.05) is 22.9 Å². The average molecular weight is 329 g/mol. The summed E-state index contributed by atoms with van der Waals surface area (Å²) in [5, 5.41) is 0. The lowest BCUT2D eigenvalue weighted by atomic mass is 10.1. The lowest BCUT2D eigenvalue weighted by Crippen LogP contribution is -2.36. The van der Waals surface area contributed by atoms with E-state index in [1.807, 2.05) is 34.9 Å². The Morgan fingerprint density at radius 3 is 2.82 bits per heavy atom. The predicted octanol–water partition coefficient (Wildman–Crippen LogP) is 4.37. The van der Waals surface area contributed by atoms with E-state index < -0.39 is 0 Å². The zero-order chi connectivity index (χ0) is 15.4. The Kier molecular flexibility index (Phi) is 5.11. The first-order valence-electron chi connectivity index (χ1n) is 7.40. The zero-order valence-electron chi connectivity index (χ0n) is 12.6. The Hall–Kier alpha value is -1.39. The summed E-state index contributed by atoms with van der Waals surface area (Å²) >= 11 is 3.53. The van der Waals surface area contributed by atoms with Crippen LogP contribution >= 0.6 is 23.5 Å². The molecule has 2 aromatic rings. The smallest absolute Gasteiger partial charge is 0.237 e. The number of amides is 1. The molecule has 3 rings (SSSR count).